The maximum absolute atomic E-state index is 12.6. The third-order valence-corrected chi connectivity index (χ3v) is 6.04. The Labute approximate surface area is 164 Å². The van der Waals surface area contributed by atoms with Crippen molar-refractivity contribution >= 4 is 5.82 Å². The Bertz CT molecular complexity index is 904. The number of anilines is 1. The number of imidazole rings is 1. The summed E-state index contributed by atoms with van der Waals surface area (Å²) in [6, 6.07) is 1.69. The fourth-order valence-corrected chi connectivity index (χ4v) is 4.55. The molecule has 5 rings (SSSR count). The molecule has 2 aromatic heterocycles. The van der Waals surface area contributed by atoms with E-state index in [1.807, 2.05) is 11.1 Å². The summed E-state index contributed by atoms with van der Waals surface area (Å²) in [4.78, 5) is 10.5. The van der Waals surface area contributed by atoms with Crippen LogP contribution < -0.4 is 10.5 Å². The molecule has 1 aliphatic heterocycles. The SMILES string of the molecule is Nc1ncc(-c2cn(C3[C@H]4CN(CC(F)F)C[C@@H]34)c(C3CC3)n2)cc1OC(F)F. The molecule has 3 atom stereocenters. The van der Waals surface area contributed by atoms with E-state index in [0.29, 0.717) is 42.1 Å². The molecular weight excluding hydrogens is 390 g/mol. The van der Waals surface area contributed by atoms with Gasteiger partial charge in [-0.15, -0.1) is 0 Å². The van der Waals surface area contributed by atoms with Crippen LogP contribution in [-0.2, 0) is 0 Å². The van der Waals surface area contributed by atoms with E-state index in [-0.39, 0.29) is 24.2 Å². The van der Waals surface area contributed by atoms with Crippen molar-refractivity contribution in [3.05, 3.63) is 24.3 Å². The van der Waals surface area contributed by atoms with Crippen molar-refractivity contribution in [2.45, 2.75) is 37.8 Å². The lowest BCUT2D eigenvalue weighted by Gasteiger charge is -2.19. The van der Waals surface area contributed by atoms with Gasteiger partial charge in [-0.3, -0.25) is 4.90 Å². The first kappa shape index (κ1) is 18.7. The number of aromatic nitrogens is 3. The highest BCUT2D eigenvalue weighted by Crippen LogP contribution is 2.57. The summed E-state index contributed by atoms with van der Waals surface area (Å²) in [6.07, 6.45) is 3.24. The maximum Gasteiger partial charge on any atom is 0.387 e. The van der Waals surface area contributed by atoms with Crippen molar-refractivity contribution in [1.29, 1.82) is 0 Å². The van der Waals surface area contributed by atoms with Crippen LogP contribution in [0, 0.1) is 11.8 Å². The summed E-state index contributed by atoms with van der Waals surface area (Å²) in [5.41, 5.74) is 6.81. The van der Waals surface area contributed by atoms with Crippen LogP contribution in [0.3, 0.4) is 0 Å². The average molecular weight is 411 g/mol. The zero-order chi connectivity index (χ0) is 20.3. The number of nitrogens with zero attached hydrogens (tertiary/aromatic N) is 4. The Morgan fingerprint density at radius 2 is 1.90 bits per heavy atom. The molecule has 0 aromatic carbocycles. The number of fused-ring (bicyclic) bond motifs is 1. The van der Waals surface area contributed by atoms with Crippen molar-refractivity contribution in [3.63, 3.8) is 0 Å². The molecule has 2 aliphatic carbocycles. The van der Waals surface area contributed by atoms with Crippen LogP contribution in [-0.4, -0.2) is 52.1 Å². The number of hydrogen-bond donors (Lipinski definition) is 1. The van der Waals surface area contributed by atoms with Gasteiger partial charge in [0.15, 0.2) is 11.6 Å². The molecule has 0 bridgehead atoms. The Morgan fingerprint density at radius 1 is 1.17 bits per heavy atom. The quantitative estimate of drug-likeness (QED) is 0.708. The van der Waals surface area contributed by atoms with E-state index in [9.17, 15) is 17.6 Å². The van der Waals surface area contributed by atoms with E-state index in [1.54, 1.807) is 0 Å². The second-order valence-corrected chi connectivity index (χ2v) is 8.08. The number of pyridine rings is 1. The van der Waals surface area contributed by atoms with E-state index in [4.69, 9.17) is 10.7 Å². The molecule has 1 unspecified atom stereocenters. The first-order chi connectivity index (χ1) is 13.9. The molecule has 10 heteroatoms. The van der Waals surface area contributed by atoms with Gasteiger partial charge in [0.25, 0.3) is 6.43 Å². The number of piperidine rings is 1. The molecule has 6 nitrogen and oxygen atoms in total. The van der Waals surface area contributed by atoms with E-state index < -0.39 is 13.0 Å². The first-order valence-electron chi connectivity index (χ1n) is 9.70. The van der Waals surface area contributed by atoms with Crippen LogP contribution >= 0.6 is 0 Å². The van der Waals surface area contributed by atoms with E-state index >= 15 is 0 Å². The molecule has 2 N–H and O–H groups in total. The number of alkyl halides is 4. The van der Waals surface area contributed by atoms with Crippen molar-refractivity contribution in [3.8, 4) is 17.0 Å². The lowest BCUT2D eigenvalue weighted by molar-refractivity contribution is -0.0494. The van der Waals surface area contributed by atoms with Gasteiger partial charge in [-0.2, -0.15) is 8.78 Å². The zero-order valence-electron chi connectivity index (χ0n) is 15.5. The molecule has 2 aromatic rings. The topological polar surface area (TPSA) is 69.2 Å². The molecule has 1 saturated heterocycles. The van der Waals surface area contributed by atoms with Gasteiger partial charge < -0.3 is 15.0 Å². The standard InChI is InChI=1S/C19H21F4N5O/c20-15(21)8-27-5-11-12(6-27)16(11)28-7-13(26-18(28)9-1-2-9)10-3-14(29-19(22)23)17(24)25-4-10/h3-4,7,9,11-12,15-16,19H,1-2,5-6,8H2,(H2,24,25)/t11-,12+,16?. The van der Waals surface area contributed by atoms with Crippen LogP contribution in [0.25, 0.3) is 11.3 Å². The van der Waals surface area contributed by atoms with Gasteiger partial charge in [-0.1, -0.05) is 0 Å². The smallest absolute Gasteiger partial charge is 0.387 e. The minimum Gasteiger partial charge on any atom is -0.431 e. The molecule has 0 radical (unpaired) electrons. The Hall–Kier alpha value is -2.36. The molecule has 3 heterocycles. The van der Waals surface area contributed by atoms with E-state index in [2.05, 4.69) is 14.3 Å². The lowest BCUT2D eigenvalue weighted by Crippen LogP contribution is -2.30. The minimum absolute atomic E-state index is 0.105. The predicted octanol–water partition coefficient (Wildman–Crippen LogP) is 3.37. The second kappa shape index (κ2) is 6.86. The Kier molecular flexibility index (Phi) is 4.41. The maximum atomic E-state index is 12.6. The predicted molar refractivity (Wildman–Crippen MR) is 96.9 cm³/mol. The number of hydrogen-bond acceptors (Lipinski definition) is 5. The van der Waals surface area contributed by atoms with Gasteiger partial charge in [-0.05, 0) is 30.7 Å². The molecule has 2 saturated carbocycles. The molecular formula is C19H21F4N5O. The number of halogens is 4. The van der Waals surface area contributed by atoms with E-state index in [0.717, 1.165) is 18.7 Å². The molecule has 0 spiro atoms. The van der Waals surface area contributed by atoms with Crippen LogP contribution in [0.2, 0.25) is 0 Å². The van der Waals surface area contributed by atoms with Gasteiger partial charge in [0.05, 0.1) is 12.2 Å². The largest absolute Gasteiger partial charge is 0.431 e. The van der Waals surface area contributed by atoms with Crippen molar-refractivity contribution in [1.82, 2.24) is 19.4 Å². The van der Waals surface area contributed by atoms with Crippen LogP contribution in [0.5, 0.6) is 5.75 Å². The van der Waals surface area contributed by atoms with Gasteiger partial charge in [0.1, 0.15) is 5.82 Å². The van der Waals surface area contributed by atoms with Gasteiger partial charge in [0.2, 0.25) is 0 Å². The summed E-state index contributed by atoms with van der Waals surface area (Å²) in [5, 5.41) is 0. The summed E-state index contributed by atoms with van der Waals surface area (Å²) >= 11 is 0. The normalized spacial score (nSPS) is 26.3. The van der Waals surface area contributed by atoms with Crippen LogP contribution in [0.15, 0.2) is 18.5 Å². The van der Waals surface area contributed by atoms with Gasteiger partial charge in [-0.25, -0.2) is 18.7 Å². The number of nitrogens with two attached hydrogens (primary N) is 1. The van der Waals surface area contributed by atoms with Crippen molar-refractivity contribution in [2.75, 3.05) is 25.4 Å². The zero-order valence-corrected chi connectivity index (χ0v) is 15.5. The van der Waals surface area contributed by atoms with E-state index in [1.165, 1.54) is 12.3 Å². The second-order valence-electron chi connectivity index (χ2n) is 8.08. The fraction of sp³-hybridized carbons (Fsp3) is 0.579. The third kappa shape index (κ3) is 3.54. The third-order valence-electron chi connectivity index (χ3n) is 6.04. The monoisotopic (exact) mass is 411 g/mol. The molecule has 3 aliphatic rings. The molecule has 3 fully saturated rings. The highest BCUT2D eigenvalue weighted by atomic mass is 19.3. The molecule has 156 valence electrons. The highest BCUT2D eigenvalue weighted by Gasteiger charge is 2.57. The fourth-order valence-electron chi connectivity index (χ4n) is 4.55. The first-order valence-corrected chi connectivity index (χ1v) is 9.70. The van der Waals surface area contributed by atoms with Crippen LogP contribution in [0.4, 0.5) is 23.4 Å². The lowest BCUT2D eigenvalue weighted by atomic mass is 10.2. The summed E-state index contributed by atoms with van der Waals surface area (Å²) in [6.45, 7) is -1.81. The summed E-state index contributed by atoms with van der Waals surface area (Å²) in [7, 11) is 0. The summed E-state index contributed by atoms with van der Waals surface area (Å²) < 4.78 is 57.1. The van der Waals surface area contributed by atoms with Crippen molar-refractivity contribution in [2.24, 2.45) is 11.8 Å². The van der Waals surface area contributed by atoms with Gasteiger partial charge in [0, 0.05) is 43.0 Å². The number of likely N-dealkylation sites (tertiary alicyclic amines) is 1. The highest BCUT2D eigenvalue weighted by molar-refractivity contribution is 5.64. The van der Waals surface area contributed by atoms with Crippen LogP contribution in [0.1, 0.15) is 30.6 Å². The Morgan fingerprint density at radius 3 is 2.52 bits per heavy atom. The van der Waals surface area contributed by atoms with Gasteiger partial charge >= 0.3 is 6.61 Å². The average Bonchev–Trinajstić information content (AvgIpc) is 3.52. The molecule has 29 heavy (non-hydrogen) atoms. The number of ether oxygens (including phenoxy) is 1. The minimum atomic E-state index is -2.99. The van der Waals surface area contributed by atoms with Crippen molar-refractivity contribution < 1.29 is 22.3 Å². The number of nitrogen functional groups attached to an aromatic ring is 1. The summed E-state index contributed by atoms with van der Waals surface area (Å²) in [5.74, 6) is 1.80. The Balaban J connectivity index is 1.39. The number of rotatable bonds is 7. The molecule has 0 amide bonds.